The van der Waals surface area contributed by atoms with Crippen LogP contribution in [0.25, 0.3) is 0 Å². The van der Waals surface area contributed by atoms with Crippen LogP contribution < -0.4 is 5.32 Å². The van der Waals surface area contributed by atoms with Crippen molar-refractivity contribution in [3.05, 3.63) is 59.5 Å². The zero-order valence-corrected chi connectivity index (χ0v) is 10.8. The van der Waals surface area contributed by atoms with Crippen LogP contribution in [0.2, 0.25) is 0 Å². The molecule has 2 rings (SSSR count). The predicted octanol–water partition coefficient (Wildman–Crippen LogP) is 1.98. The van der Waals surface area contributed by atoms with E-state index in [9.17, 15) is 9.90 Å². The van der Waals surface area contributed by atoms with Crippen molar-refractivity contribution in [2.45, 2.75) is 19.4 Å². The number of furan rings is 1. The van der Waals surface area contributed by atoms with Gasteiger partial charge in [-0.05, 0) is 30.2 Å². The third-order valence-electron chi connectivity index (χ3n) is 3.02. The number of amides is 1. The molecule has 1 aromatic carbocycles. The van der Waals surface area contributed by atoms with Crippen molar-refractivity contribution in [2.24, 2.45) is 0 Å². The van der Waals surface area contributed by atoms with Gasteiger partial charge >= 0.3 is 0 Å². The number of carbonyl (C=O) groups excluding carboxylic acids is 1. The van der Waals surface area contributed by atoms with E-state index in [0.29, 0.717) is 12.2 Å². The lowest BCUT2D eigenvalue weighted by molar-refractivity contribution is -0.121. The second kappa shape index (κ2) is 6.20. The van der Waals surface area contributed by atoms with Crippen LogP contribution in [0, 0.1) is 6.92 Å². The van der Waals surface area contributed by atoms with E-state index in [4.69, 9.17) is 4.42 Å². The van der Waals surface area contributed by atoms with Crippen LogP contribution in [0.4, 0.5) is 0 Å². The van der Waals surface area contributed by atoms with E-state index in [1.807, 2.05) is 31.2 Å². The monoisotopic (exact) mass is 259 g/mol. The molecular weight excluding hydrogens is 242 g/mol. The minimum Gasteiger partial charge on any atom is -0.467 e. The normalized spacial score (nSPS) is 12.1. The van der Waals surface area contributed by atoms with Crippen LogP contribution in [0.1, 0.15) is 22.9 Å². The van der Waals surface area contributed by atoms with Gasteiger partial charge in [0, 0.05) is 0 Å². The number of hydrogen-bond acceptors (Lipinski definition) is 3. The molecule has 100 valence electrons. The fraction of sp³-hybridized carbons (Fsp3) is 0.267. The van der Waals surface area contributed by atoms with Crippen molar-refractivity contribution in [3.8, 4) is 0 Å². The van der Waals surface area contributed by atoms with Crippen molar-refractivity contribution >= 4 is 5.91 Å². The Labute approximate surface area is 112 Å². The van der Waals surface area contributed by atoms with Gasteiger partial charge in [0.25, 0.3) is 0 Å². The molecule has 0 spiro atoms. The first-order valence-electron chi connectivity index (χ1n) is 6.19. The number of rotatable bonds is 5. The molecule has 0 aliphatic rings. The number of carbonyl (C=O) groups is 1. The largest absolute Gasteiger partial charge is 0.467 e. The number of aliphatic hydroxyl groups is 1. The van der Waals surface area contributed by atoms with Crippen molar-refractivity contribution in [1.82, 2.24) is 5.32 Å². The molecule has 2 aromatic rings. The molecular formula is C15H17NO3. The molecule has 0 aliphatic heterocycles. The Bertz CT molecular complexity index is 534. The van der Waals surface area contributed by atoms with Crippen LogP contribution >= 0.6 is 0 Å². The summed E-state index contributed by atoms with van der Waals surface area (Å²) in [7, 11) is 0. The van der Waals surface area contributed by atoms with Crippen molar-refractivity contribution < 1.29 is 14.3 Å². The Morgan fingerprint density at radius 3 is 2.74 bits per heavy atom. The van der Waals surface area contributed by atoms with Gasteiger partial charge in [-0.25, -0.2) is 0 Å². The van der Waals surface area contributed by atoms with E-state index >= 15 is 0 Å². The Balaban J connectivity index is 1.99. The van der Waals surface area contributed by atoms with Gasteiger partial charge in [-0.15, -0.1) is 0 Å². The second-order valence-corrected chi connectivity index (χ2v) is 4.42. The zero-order valence-electron chi connectivity index (χ0n) is 10.8. The average Bonchev–Trinajstić information content (AvgIpc) is 2.92. The Morgan fingerprint density at radius 1 is 1.32 bits per heavy atom. The lowest BCUT2D eigenvalue weighted by Crippen LogP contribution is -2.31. The fourth-order valence-electron chi connectivity index (χ4n) is 1.92. The Morgan fingerprint density at radius 2 is 2.11 bits per heavy atom. The third kappa shape index (κ3) is 3.45. The number of nitrogens with one attached hydrogen (secondary N) is 1. The van der Waals surface area contributed by atoms with Gasteiger partial charge < -0.3 is 14.8 Å². The molecule has 4 nitrogen and oxygen atoms in total. The lowest BCUT2D eigenvalue weighted by Gasteiger charge is -2.14. The molecule has 0 radical (unpaired) electrons. The van der Waals surface area contributed by atoms with E-state index in [-0.39, 0.29) is 12.5 Å². The zero-order chi connectivity index (χ0) is 13.7. The van der Waals surface area contributed by atoms with Gasteiger partial charge in [0.05, 0.1) is 19.3 Å². The maximum absolute atomic E-state index is 12.0. The van der Waals surface area contributed by atoms with Crippen LogP contribution in [0.3, 0.4) is 0 Å². The SMILES string of the molecule is Cc1ccccc1CC(=O)NC(CO)c1ccco1. The van der Waals surface area contributed by atoms with Crippen molar-refractivity contribution in [1.29, 1.82) is 0 Å². The summed E-state index contributed by atoms with van der Waals surface area (Å²) in [5.41, 5.74) is 2.06. The summed E-state index contributed by atoms with van der Waals surface area (Å²) in [6, 6.07) is 10.7. The molecule has 1 heterocycles. The highest BCUT2D eigenvalue weighted by Crippen LogP contribution is 2.13. The number of hydrogen-bond donors (Lipinski definition) is 2. The molecule has 1 aromatic heterocycles. The van der Waals surface area contributed by atoms with E-state index in [0.717, 1.165) is 11.1 Å². The molecule has 0 aliphatic carbocycles. The molecule has 0 saturated heterocycles. The van der Waals surface area contributed by atoms with Crippen LogP contribution in [0.5, 0.6) is 0 Å². The molecule has 1 atom stereocenters. The van der Waals surface area contributed by atoms with E-state index in [2.05, 4.69) is 5.32 Å². The molecule has 1 unspecified atom stereocenters. The van der Waals surface area contributed by atoms with E-state index in [1.54, 1.807) is 12.1 Å². The van der Waals surface area contributed by atoms with Crippen LogP contribution in [-0.2, 0) is 11.2 Å². The molecule has 4 heteroatoms. The van der Waals surface area contributed by atoms with E-state index in [1.165, 1.54) is 6.26 Å². The van der Waals surface area contributed by atoms with Gasteiger partial charge in [-0.3, -0.25) is 4.79 Å². The van der Waals surface area contributed by atoms with Gasteiger partial charge in [0.15, 0.2) is 0 Å². The van der Waals surface area contributed by atoms with Crippen molar-refractivity contribution in [3.63, 3.8) is 0 Å². The number of aliphatic hydroxyl groups excluding tert-OH is 1. The highest BCUT2D eigenvalue weighted by molar-refractivity contribution is 5.79. The first-order chi connectivity index (χ1) is 9.20. The first kappa shape index (κ1) is 13.4. The summed E-state index contributed by atoms with van der Waals surface area (Å²) in [6.07, 6.45) is 1.81. The molecule has 1 amide bonds. The summed E-state index contributed by atoms with van der Waals surface area (Å²) < 4.78 is 5.19. The number of aryl methyl sites for hydroxylation is 1. The summed E-state index contributed by atoms with van der Waals surface area (Å²) in [6.45, 7) is 1.78. The molecule has 0 saturated carbocycles. The van der Waals surface area contributed by atoms with Crippen molar-refractivity contribution in [2.75, 3.05) is 6.61 Å². The molecule has 19 heavy (non-hydrogen) atoms. The van der Waals surface area contributed by atoms with Gasteiger partial charge in [0.1, 0.15) is 11.8 Å². The fourth-order valence-corrected chi connectivity index (χ4v) is 1.92. The average molecular weight is 259 g/mol. The topological polar surface area (TPSA) is 62.5 Å². The highest BCUT2D eigenvalue weighted by Gasteiger charge is 2.16. The first-order valence-corrected chi connectivity index (χ1v) is 6.19. The second-order valence-electron chi connectivity index (χ2n) is 4.42. The summed E-state index contributed by atoms with van der Waals surface area (Å²) in [5, 5.41) is 12.1. The maximum Gasteiger partial charge on any atom is 0.225 e. The molecule has 0 bridgehead atoms. The quantitative estimate of drug-likeness (QED) is 0.863. The smallest absolute Gasteiger partial charge is 0.225 e. The highest BCUT2D eigenvalue weighted by atomic mass is 16.3. The van der Waals surface area contributed by atoms with E-state index < -0.39 is 6.04 Å². The summed E-state index contributed by atoms with van der Waals surface area (Å²) in [4.78, 5) is 12.0. The van der Waals surface area contributed by atoms with Gasteiger partial charge in [0.2, 0.25) is 5.91 Å². The Hall–Kier alpha value is -2.07. The predicted molar refractivity (Wildman–Crippen MR) is 71.6 cm³/mol. The van der Waals surface area contributed by atoms with Gasteiger partial charge in [-0.2, -0.15) is 0 Å². The maximum atomic E-state index is 12.0. The molecule has 0 fully saturated rings. The third-order valence-corrected chi connectivity index (χ3v) is 3.02. The minimum atomic E-state index is -0.494. The summed E-state index contributed by atoms with van der Waals surface area (Å²) in [5.74, 6) is 0.422. The molecule has 2 N–H and O–H groups in total. The Kier molecular flexibility index (Phi) is 4.36. The number of benzene rings is 1. The minimum absolute atomic E-state index is 0.134. The van der Waals surface area contributed by atoms with Crippen LogP contribution in [0.15, 0.2) is 47.1 Å². The standard InChI is InChI=1S/C15H17NO3/c1-11-5-2-3-6-12(11)9-15(18)16-13(10-17)14-7-4-8-19-14/h2-8,13,17H,9-10H2,1H3,(H,16,18). The van der Waals surface area contributed by atoms with Crippen LogP contribution in [-0.4, -0.2) is 17.6 Å². The van der Waals surface area contributed by atoms with Gasteiger partial charge in [-0.1, -0.05) is 24.3 Å². The lowest BCUT2D eigenvalue weighted by atomic mass is 10.1. The summed E-state index contributed by atoms with van der Waals surface area (Å²) >= 11 is 0.